The lowest BCUT2D eigenvalue weighted by Gasteiger charge is -2.31. The zero-order valence-corrected chi connectivity index (χ0v) is 13.1. The van der Waals surface area contributed by atoms with Crippen molar-refractivity contribution in [1.82, 2.24) is 19.9 Å². The number of piperidine rings is 1. The molecule has 1 aliphatic heterocycles. The lowest BCUT2D eigenvalue weighted by molar-refractivity contribution is -0.120. The zero-order chi connectivity index (χ0) is 16.4. The molecular weight excluding hydrogens is 304 g/mol. The van der Waals surface area contributed by atoms with E-state index in [1.807, 2.05) is 18.2 Å². The lowest BCUT2D eigenvalue weighted by Crippen LogP contribution is -2.38. The number of anilines is 2. The van der Waals surface area contributed by atoms with E-state index in [1.54, 1.807) is 24.9 Å². The Bertz CT molecular complexity index is 838. The third kappa shape index (κ3) is 2.92. The number of carbonyl (C=O) groups is 1. The number of rotatable bonds is 3. The average Bonchev–Trinajstić information content (AvgIpc) is 3.10. The van der Waals surface area contributed by atoms with Crippen LogP contribution in [-0.4, -0.2) is 38.9 Å². The van der Waals surface area contributed by atoms with Crippen molar-refractivity contribution in [3.8, 4) is 0 Å². The quantitative estimate of drug-likeness (QED) is 0.772. The molecule has 1 saturated heterocycles. The smallest absolute Gasteiger partial charge is 0.227 e. The Morgan fingerprint density at radius 3 is 2.88 bits per heavy atom. The van der Waals surface area contributed by atoms with Gasteiger partial charge in [0.15, 0.2) is 0 Å². The van der Waals surface area contributed by atoms with E-state index in [0.717, 1.165) is 48.5 Å². The molecule has 1 aromatic carbocycles. The van der Waals surface area contributed by atoms with Crippen LogP contribution in [0.5, 0.6) is 0 Å². The van der Waals surface area contributed by atoms with E-state index in [2.05, 4.69) is 30.2 Å². The van der Waals surface area contributed by atoms with Gasteiger partial charge in [-0.15, -0.1) is 0 Å². The minimum absolute atomic E-state index is 0.0235. The molecule has 1 aliphatic rings. The summed E-state index contributed by atoms with van der Waals surface area (Å²) in [5.74, 6) is 0.976. The summed E-state index contributed by atoms with van der Waals surface area (Å²) in [6.45, 7) is 1.63. The fraction of sp³-hybridized carbons (Fsp3) is 0.294. The second-order valence-corrected chi connectivity index (χ2v) is 5.95. The molecule has 7 nitrogen and oxygen atoms in total. The molecule has 3 heterocycles. The third-order valence-corrected chi connectivity index (χ3v) is 4.43. The highest BCUT2D eigenvalue weighted by Gasteiger charge is 2.25. The highest BCUT2D eigenvalue weighted by Crippen LogP contribution is 2.23. The van der Waals surface area contributed by atoms with Gasteiger partial charge in [-0.3, -0.25) is 9.78 Å². The molecule has 0 saturated carbocycles. The second-order valence-electron chi connectivity index (χ2n) is 5.95. The molecule has 0 spiro atoms. The van der Waals surface area contributed by atoms with Crippen LogP contribution in [0.4, 0.5) is 11.5 Å². The van der Waals surface area contributed by atoms with Gasteiger partial charge in [-0.2, -0.15) is 0 Å². The number of amides is 1. The standard InChI is InChI=1S/C17H18N6O/c24-17(22-13-1-2-14-15(9-13)21-11-20-14)12-3-7-23(8-4-12)16-10-18-5-6-19-16/h1-2,5-6,9-12H,3-4,7-8H2,(H,20,21)(H,22,24). The summed E-state index contributed by atoms with van der Waals surface area (Å²) >= 11 is 0. The van der Waals surface area contributed by atoms with Crippen LogP contribution in [0.3, 0.4) is 0 Å². The van der Waals surface area contributed by atoms with E-state index in [-0.39, 0.29) is 11.8 Å². The van der Waals surface area contributed by atoms with Gasteiger partial charge in [0.05, 0.1) is 23.6 Å². The molecule has 0 unspecified atom stereocenters. The minimum Gasteiger partial charge on any atom is -0.355 e. The van der Waals surface area contributed by atoms with Crippen molar-refractivity contribution in [2.24, 2.45) is 5.92 Å². The molecule has 0 atom stereocenters. The van der Waals surface area contributed by atoms with Gasteiger partial charge >= 0.3 is 0 Å². The summed E-state index contributed by atoms with van der Waals surface area (Å²) in [5, 5.41) is 3.01. The third-order valence-electron chi connectivity index (χ3n) is 4.43. The summed E-state index contributed by atoms with van der Waals surface area (Å²) in [6.07, 6.45) is 8.40. The number of nitrogens with zero attached hydrogens (tertiary/aromatic N) is 4. The van der Waals surface area contributed by atoms with E-state index >= 15 is 0 Å². The first-order valence-electron chi connectivity index (χ1n) is 8.04. The molecule has 1 amide bonds. The van der Waals surface area contributed by atoms with Crippen molar-refractivity contribution in [2.75, 3.05) is 23.3 Å². The van der Waals surface area contributed by atoms with Crippen molar-refractivity contribution >= 4 is 28.4 Å². The number of imidazole rings is 1. The van der Waals surface area contributed by atoms with E-state index in [4.69, 9.17) is 0 Å². The number of carbonyl (C=O) groups excluding carboxylic acids is 1. The van der Waals surface area contributed by atoms with Crippen LogP contribution in [-0.2, 0) is 4.79 Å². The maximum atomic E-state index is 12.5. The van der Waals surface area contributed by atoms with Gasteiger partial charge in [0.1, 0.15) is 5.82 Å². The van der Waals surface area contributed by atoms with Gasteiger partial charge in [-0.25, -0.2) is 9.97 Å². The zero-order valence-electron chi connectivity index (χ0n) is 13.1. The first-order chi connectivity index (χ1) is 11.8. The molecule has 1 fully saturated rings. The second kappa shape index (κ2) is 6.27. The summed E-state index contributed by atoms with van der Waals surface area (Å²) < 4.78 is 0. The molecular formula is C17H18N6O. The van der Waals surface area contributed by atoms with Gasteiger partial charge in [0.25, 0.3) is 0 Å². The topological polar surface area (TPSA) is 86.8 Å². The van der Waals surface area contributed by atoms with E-state index in [9.17, 15) is 4.79 Å². The highest BCUT2D eigenvalue weighted by atomic mass is 16.1. The Morgan fingerprint density at radius 2 is 2.08 bits per heavy atom. The molecule has 3 aromatic rings. The highest BCUT2D eigenvalue weighted by molar-refractivity contribution is 5.94. The fourth-order valence-corrected chi connectivity index (χ4v) is 3.08. The number of benzene rings is 1. The Kier molecular flexibility index (Phi) is 3.82. The molecule has 4 rings (SSSR count). The summed E-state index contributed by atoms with van der Waals surface area (Å²) in [6, 6.07) is 5.70. The molecule has 24 heavy (non-hydrogen) atoms. The Labute approximate surface area is 139 Å². The Hall–Kier alpha value is -2.96. The average molecular weight is 322 g/mol. The van der Waals surface area contributed by atoms with E-state index in [0.29, 0.717) is 0 Å². The summed E-state index contributed by atoms with van der Waals surface area (Å²) in [5.41, 5.74) is 2.61. The SMILES string of the molecule is O=C(Nc1ccc2nc[nH]c2c1)C1CCN(c2cnccn2)CC1. The molecule has 7 heteroatoms. The number of aromatic amines is 1. The molecule has 0 bridgehead atoms. The van der Waals surface area contributed by atoms with Crippen LogP contribution in [0, 0.1) is 5.92 Å². The van der Waals surface area contributed by atoms with Crippen LogP contribution in [0.1, 0.15) is 12.8 Å². The number of nitrogens with one attached hydrogen (secondary N) is 2. The number of hydrogen-bond acceptors (Lipinski definition) is 5. The van der Waals surface area contributed by atoms with Gasteiger partial charge in [0.2, 0.25) is 5.91 Å². The monoisotopic (exact) mass is 322 g/mol. The van der Waals surface area contributed by atoms with Crippen molar-refractivity contribution in [3.05, 3.63) is 43.1 Å². The van der Waals surface area contributed by atoms with Crippen LogP contribution in [0.2, 0.25) is 0 Å². The maximum Gasteiger partial charge on any atom is 0.227 e. The van der Waals surface area contributed by atoms with Crippen molar-refractivity contribution in [1.29, 1.82) is 0 Å². The molecule has 122 valence electrons. The largest absolute Gasteiger partial charge is 0.355 e. The number of aromatic nitrogens is 4. The van der Waals surface area contributed by atoms with Crippen molar-refractivity contribution < 1.29 is 4.79 Å². The van der Waals surface area contributed by atoms with Gasteiger partial charge in [-0.05, 0) is 31.0 Å². The lowest BCUT2D eigenvalue weighted by atomic mass is 9.96. The number of fused-ring (bicyclic) bond motifs is 1. The molecule has 0 radical (unpaired) electrons. The number of H-pyrrole nitrogens is 1. The van der Waals surface area contributed by atoms with Crippen LogP contribution in [0.25, 0.3) is 11.0 Å². The fourth-order valence-electron chi connectivity index (χ4n) is 3.08. The van der Waals surface area contributed by atoms with Gasteiger partial charge in [-0.1, -0.05) is 0 Å². The Morgan fingerprint density at radius 1 is 1.21 bits per heavy atom. The summed E-state index contributed by atoms with van der Waals surface area (Å²) in [7, 11) is 0. The van der Waals surface area contributed by atoms with E-state index in [1.165, 1.54) is 0 Å². The van der Waals surface area contributed by atoms with Crippen LogP contribution in [0.15, 0.2) is 43.1 Å². The minimum atomic E-state index is 0.0235. The first-order valence-corrected chi connectivity index (χ1v) is 8.04. The molecule has 0 aliphatic carbocycles. The van der Waals surface area contributed by atoms with Gasteiger partial charge < -0.3 is 15.2 Å². The Balaban J connectivity index is 1.37. The number of hydrogen-bond donors (Lipinski definition) is 2. The normalized spacial score (nSPS) is 15.6. The van der Waals surface area contributed by atoms with Crippen molar-refractivity contribution in [2.45, 2.75) is 12.8 Å². The van der Waals surface area contributed by atoms with Gasteiger partial charge in [0, 0.05) is 37.1 Å². The predicted octanol–water partition coefficient (Wildman–Crippen LogP) is 2.21. The predicted molar refractivity (Wildman–Crippen MR) is 91.7 cm³/mol. The van der Waals surface area contributed by atoms with Crippen molar-refractivity contribution in [3.63, 3.8) is 0 Å². The molecule has 2 aromatic heterocycles. The molecule has 2 N–H and O–H groups in total. The summed E-state index contributed by atoms with van der Waals surface area (Å²) in [4.78, 5) is 30.3. The van der Waals surface area contributed by atoms with Crippen LogP contribution < -0.4 is 10.2 Å². The van der Waals surface area contributed by atoms with E-state index < -0.39 is 0 Å². The van der Waals surface area contributed by atoms with Crippen LogP contribution >= 0.6 is 0 Å². The first kappa shape index (κ1) is 14.6. The maximum absolute atomic E-state index is 12.5.